The minimum Gasteiger partial charge on any atom is -0.492 e. The molecule has 3 heteroatoms. The number of hydrogen-bond donors (Lipinski definition) is 2. The summed E-state index contributed by atoms with van der Waals surface area (Å²) in [6.45, 7) is 4.01. The summed E-state index contributed by atoms with van der Waals surface area (Å²) in [5.74, 6) is 0.967. The lowest BCUT2D eigenvalue weighted by Gasteiger charge is -2.12. The van der Waals surface area contributed by atoms with Gasteiger partial charge in [-0.25, -0.2) is 0 Å². The number of aromatic nitrogens is 1. The molecular weight excluding hydrogens is 212 g/mol. The molecule has 90 valence electrons. The number of H-pyrrole nitrogens is 1. The average molecular weight is 230 g/mol. The molecule has 3 rings (SSSR count). The highest BCUT2D eigenvalue weighted by molar-refractivity contribution is 5.84. The van der Waals surface area contributed by atoms with Crippen LogP contribution in [0.15, 0.2) is 24.4 Å². The fraction of sp³-hybridized carbons (Fsp3) is 0.429. The molecule has 17 heavy (non-hydrogen) atoms. The SMILES string of the molecule is Cc1c[nH]c2ccc(OCC3CCCN3)cc12. The first-order chi connectivity index (χ1) is 8.33. The van der Waals surface area contributed by atoms with Crippen LogP contribution in [0.3, 0.4) is 0 Å². The highest BCUT2D eigenvalue weighted by atomic mass is 16.5. The number of ether oxygens (including phenoxy) is 1. The van der Waals surface area contributed by atoms with Crippen LogP contribution in [-0.2, 0) is 0 Å². The van der Waals surface area contributed by atoms with E-state index >= 15 is 0 Å². The molecule has 0 amide bonds. The topological polar surface area (TPSA) is 37.0 Å². The predicted molar refractivity (Wildman–Crippen MR) is 69.6 cm³/mol. The Kier molecular flexibility index (Phi) is 2.77. The van der Waals surface area contributed by atoms with Crippen molar-refractivity contribution in [2.75, 3.05) is 13.2 Å². The summed E-state index contributed by atoms with van der Waals surface area (Å²) in [5, 5.41) is 4.69. The van der Waals surface area contributed by atoms with Crippen molar-refractivity contribution in [3.8, 4) is 5.75 Å². The largest absolute Gasteiger partial charge is 0.492 e. The number of rotatable bonds is 3. The summed E-state index contributed by atoms with van der Waals surface area (Å²) in [7, 11) is 0. The van der Waals surface area contributed by atoms with Gasteiger partial charge in [-0.1, -0.05) is 0 Å². The number of benzene rings is 1. The maximum atomic E-state index is 5.85. The van der Waals surface area contributed by atoms with Crippen LogP contribution in [0.25, 0.3) is 10.9 Å². The molecule has 0 saturated carbocycles. The van der Waals surface area contributed by atoms with E-state index in [4.69, 9.17) is 4.74 Å². The third-order valence-electron chi connectivity index (χ3n) is 3.47. The summed E-state index contributed by atoms with van der Waals surface area (Å²) < 4.78 is 5.85. The van der Waals surface area contributed by atoms with E-state index in [1.165, 1.54) is 29.3 Å². The molecule has 1 aliphatic rings. The molecule has 1 saturated heterocycles. The van der Waals surface area contributed by atoms with Crippen LogP contribution >= 0.6 is 0 Å². The van der Waals surface area contributed by atoms with Gasteiger partial charge in [-0.15, -0.1) is 0 Å². The Morgan fingerprint density at radius 2 is 2.35 bits per heavy atom. The van der Waals surface area contributed by atoms with E-state index < -0.39 is 0 Å². The highest BCUT2D eigenvalue weighted by Gasteiger charge is 2.14. The zero-order valence-electron chi connectivity index (χ0n) is 10.1. The Bertz CT molecular complexity index is 512. The fourth-order valence-corrected chi connectivity index (χ4v) is 2.42. The van der Waals surface area contributed by atoms with Gasteiger partial charge in [0, 0.05) is 23.1 Å². The molecular formula is C14H18N2O. The van der Waals surface area contributed by atoms with Crippen molar-refractivity contribution in [2.45, 2.75) is 25.8 Å². The van der Waals surface area contributed by atoms with Gasteiger partial charge >= 0.3 is 0 Å². The Morgan fingerprint density at radius 1 is 1.41 bits per heavy atom. The minimum absolute atomic E-state index is 0.526. The summed E-state index contributed by atoms with van der Waals surface area (Å²) in [4.78, 5) is 3.24. The Balaban J connectivity index is 1.73. The smallest absolute Gasteiger partial charge is 0.120 e. The van der Waals surface area contributed by atoms with Gasteiger partial charge in [-0.2, -0.15) is 0 Å². The highest BCUT2D eigenvalue weighted by Crippen LogP contribution is 2.23. The van der Waals surface area contributed by atoms with Crippen molar-refractivity contribution in [2.24, 2.45) is 0 Å². The number of nitrogens with one attached hydrogen (secondary N) is 2. The van der Waals surface area contributed by atoms with Crippen molar-refractivity contribution in [3.05, 3.63) is 30.0 Å². The molecule has 2 heterocycles. The van der Waals surface area contributed by atoms with Gasteiger partial charge in [0.05, 0.1) is 0 Å². The van der Waals surface area contributed by atoms with Gasteiger partial charge < -0.3 is 15.0 Å². The normalized spacial score (nSPS) is 19.9. The molecule has 1 atom stereocenters. The van der Waals surface area contributed by atoms with Crippen molar-refractivity contribution in [3.63, 3.8) is 0 Å². The molecule has 3 nitrogen and oxygen atoms in total. The molecule has 0 bridgehead atoms. The second-order valence-electron chi connectivity index (χ2n) is 4.78. The Morgan fingerprint density at radius 3 is 3.18 bits per heavy atom. The van der Waals surface area contributed by atoms with Crippen molar-refractivity contribution >= 4 is 10.9 Å². The fourth-order valence-electron chi connectivity index (χ4n) is 2.42. The van der Waals surface area contributed by atoms with E-state index in [0.29, 0.717) is 6.04 Å². The quantitative estimate of drug-likeness (QED) is 0.850. The molecule has 1 fully saturated rings. The lowest BCUT2D eigenvalue weighted by Crippen LogP contribution is -2.28. The first kappa shape index (κ1) is 10.7. The molecule has 1 aromatic heterocycles. The second-order valence-corrected chi connectivity index (χ2v) is 4.78. The van der Waals surface area contributed by atoms with Gasteiger partial charge in [0.1, 0.15) is 12.4 Å². The molecule has 2 aromatic rings. The van der Waals surface area contributed by atoms with Crippen LogP contribution in [-0.4, -0.2) is 24.2 Å². The number of aryl methyl sites for hydroxylation is 1. The van der Waals surface area contributed by atoms with Crippen molar-refractivity contribution in [1.29, 1.82) is 0 Å². The molecule has 0 aliphatic carbocycles. The summed E-state index contributed by atoms with van der Waals surface area (Å²) in [6.07, 6.45) is 4.53. The van der Waals surface area contributed by atoms with Crippen LogP contribution < -0.4 is 10.1 Å². The minimum atomic E-state index is 0.526. The standard InChI is InChI=1S/C14H18N2O/c1-10-8-16-14-5-4-12(7-13(10)14)17-9-11-3-2-6-15-11/h4-5,7-8,11,15-16H,2-3,6,9H2,1H3. The summed E-state index contributed by atoms with van der Waals surface area (Å²) in [5.41, 5.74) is 2.44. The second kappa shape index (κ2) is 4.41. The molecule has 0 spiro atoms. The van der Waals surface area contributed by atoms with E-state index in [0.717, 1.165) is 18.9 Å². The Hall–Kier alpha value is -1.48. The van der Waals surface area contributed by atoms with E-state index in [-0.39, 0.29) is 0 Å². The third-order valence-corrected chi connectivity index (χ3v) is 3.47. The molecule has 0 radical (unpaired) electrons. The maximum absolute atomic E-state index is 5.85. The number of fused-ring (bicyclic) bond motifs is 1. The van der Waals surface area contributed by atoms with Crippen LogP contribution in [0.1, 0.15) is 18.4 Å². The molecule has 2 N–H and O–H groups in total. The van der Waals surface area contributed by atoms with Crippen LogP contribution in [0, 0.1) is 6.92 Å². The lowest BCUT2D eigenvalue weighted by atomic mass is 10.2. The van der Waals surface area contributed by atoms with Crippen molar-refractivity contribution in [1.82, 2.24) is 10.3 Å². The Labute approximate surface area is 101 Å². The molecule has 1 aliphatic heterocycles. The van der Waals surface area contributed by atoms with Gasteiger partial charge in [0.15, 0.2) is 0 Å². The van der Waals surface area contributed by atoms with Crippen molar-refractivity contribution < 1.29 is 4.74 Å². The van der Waals surface area contributed by atoms with Gasteiger partial charge in [-0.05, 0) is 50.1 Å². The maximum Gasteiger partial charge on any atom is 0.120 e. The van der Waals surface area contributed by atoms with E-state index in [2.05, 4.69) is 29.4 Å². The lowest BCUT2D eigenvalue weighted by molar-refractivity contribution is 0.277. The first-order valence-electron chi connectivity index (χ1n) is 6.27. The third kappa shape index (κ3) is 2.15. The van der Waals surface area contributed by atoms with Crippen LogP contribution in [0.4, 0.5) is 0 Å². The van der Waals surface area contributed by atoms with E-state index in [1.807, 2.05) is 12.3 Å². The molecule has 1 aromatic carbocycles. The van der Waals surface area contributed by atoms with Crippen LogP contribution in [0.5, 0.6) is 5.75 Å². The average Bonchev–Trinajstić information content (AvgIpc) is 2.97. The summed E-state index contributed by atoms with van der Waals surface area (Å²) >= 11 is 0. The summed E-state index contributed by atoms with van der Waals surface area (Å²) in [6, 6.07) is 6.77. The van der Waals surface area contributed by atoms with E-state index in [1.54, 1.807) is 0 Å². The number of aromatic amines is 1. The van der Waals surface area contributed by atoms with Gasteiger partial charge in [0.2, 0.25) is 0 Å². The number of hydrogen-bond acceptors (Lipinski definition) is 2. The van der Waals surface area contributed by atoms with E-state index in [9.17, 15) is 0 Å². The van der Waals surface area contributed by atoms with Crippen LogP contribution in [0.2, 0.25) is 0 Å². The van der Waals surface area contributed by atoms with Gasteiger partial charge in [0.25, 0.3) is 0 Å². The monoisotopic (exact) mass is 230 g/mol. The first-order valence-corrected chi connectivity index (χ1v) is 6.27. The van der Waals surface area contributed by atoms with Gasteiger partial charge in [-0.3, -0.25) is 0 Å². The zero-order chi connectivity index (χ0) is 11.7. The predicted octanol–water partition coefficient (Wildman–Crippen LogP) is 2.61. The zero-order valence-corrected chi connectivity index (χ0v) is 10.1. The molecule has 1 unspecified atom stereocenters.